The second-order valence-corrected chi connectivity index (χ2v) is 6.40. The van der Waals surface area contributed by atoms with Gasteiger partial charge in [0.2, 0.25) is 0 Å². The molecule has 3 rings (SSSR count). The lowest BCUT2D eigenvalue weighted by atomic mass is 9.86. The number of aliphatic imine (C=N–C) groups is 1. The Morgan fingerprint density at radius 3 is 2.41 bits per heavy atom. The van der Waals surface area contributed by atoms with Gasteiger partial charge in [-0.05, 0) is 29.2 Å². The lowest BCUT2D eigenvalue weighted by molar-refractivity contribution is -0.115. The summed E-state index contributed by atoms with van der Waals surface area (Å²) in [5.41, 5.74) is 3.55. The molecule has 2 N–H and O–H groups in total. The van der Waals surface area contributed by atoms with Gasteiger partial charge >= 0.3 is 0 Å². The fraction of sp³-hybridized carbons (Fsp3) is 0.222. The van der Waals surface area contributed by atoms with Crippen molar-refractivity contribution in [3.05, 3.63) is 65.1 Å². The van der Waals surface area contributed by atoms with E-state index in [0.29, 0.717) is 11.5 Å². The van der Waals surface area contributed by atoms with Crippen molar-refractivity contribution in [2.45, 2.75) is 26.2 Å². The van der Waals surface area contributed by atoms with Crippen LogP contribution in [0.25, 0.3) is 6.08 Å². The van der Waals surface area contributed by atoms with Crippen LogP contribution in [0.2, 0.25) is 0 Å². The first kappa shape index (κ1) is 14.3. The fourth-order valence-electron chi connectivity index (χ4n) is 2.31. The minimum Gasteiger partial charge on any atom is -0.362 e. The van der Waals surface area contributed by atoms with Crippen LogP contribution in [-0.4, -0.2) is 16.7 Å². The van der Waals surface area contributed by atoms with E-state index in [1.54, 1.807) is 6.08 Å². The molecule has 1 aliphatic rings. The van der Waals surface area contributed by atoms with Crippen molar-refractivity contribution in [2.75, 3.05) is 0 Å². The molecule has 0 unspecified atom stereocenters. The average Bonchev–Trinajstić information content (AvgIpc) is 3.09. The largest absolute Gasteiger partial charge is 0.362 e. The van der Waals surface area contributed by atoms with Crippen LogP contribution in [0.1, 0.15) is 37.6 Å². The SMILES string of the molecule is CC(C)(C)c1ccc(C2=NC(=Cc3ccc[nH]3)C(=O)N2)cc1. The van der Waals surface area contributed by atoms with Crippen molar-refractivity contribution in [3.8, 4) is 0 Å². The van der Waals surface area contributed by atoms with Gasteiger partial charge < -0.3 is 10.3 Å². The van der Waals surface area contributed by atoms with Gasteiger partial charge in [0.05, 0.1) is 0 Å². The van der Waals surface area contributed by atoms with Crippen LogP contribution in [0.15, 0.2) is 53.3 Å². The summed E-state index contributed by atoms with van der Waals surface area (Å²) in [4.78, 5) is 19.4. The minimum absolute atomic E-state index is 0.109. The van der Waals surface area contributed by atoms with Gasteiger partial charge in [-0.15, -0.1) is 0 Å². The lowest BCUT2D eigenvalue weighted by Crippen LogP contribution is -2.24. The first-order chi connectivity index (χ1) is 10.4. The highest BCUT2D eigenvalue weighted by Gasteiger charge is 2.21. The summed E-state index contributed by atoms with van der Waals surface area (Å²) in [5.74, 6) is 0.424. The molecule has 1 aliphatic heterocycles. The predicted molar refractivity (Wildman–Crippen MR) is 88.6 cm³/mol. The van der Waals surface area contributed by atoms with E-state index >= 15 is 0 Å². The number of aromatic amines is 1. The molecule has 112 valence electrons. The van der Waals surface area contributed by atoms with Gasteiger partial charge in [-0.25, -0.2) is 4.99 Å². The minimum atomic E-state index is -0.176. The molecule has 0 radical (unpaired) electrons. The Morgan fingerprint density at radius 1 is 1.09 bits per heavy atom. The molecule has 2 heterocycles. The number of H-pyrrole nitrogens is 1. The number of nitrogens with one attached hydrogen (secondary N) is 2. The van der Waals surface area contributed by atoms with E-state index < -0.39 is 0 Å². The monoisotopic (exact) mass is 293 g/mol. The lowest BCUT2D eigenvalue weighted by Gasteiger charge is -2.19. The molecule has 0 fully saturated rings. The Balaban J connectivity index is 1.88. The highest BCUT2D eigenvalue weighted by Crippen LogP contribution is 2.23. The summed E-state index contributed by atoms with van der Waals surface area (Å²) >= 11 is 0. The number of aromatic nitrogens is 1. The van der Waals surface area contributed by atoms with Crippen LogP contribution >= 0.6 is 0 Å². The second kappa shape index (κ2) is 5.30. The molecule has 1 aromatic carbocycles. The maximum atomic E-state index is 12.0. The Bertz CT molecular complexity index is 745. The number of amidine groups is 1. The summed E-state index contributed by atoms with van der Waals surface area (Å²) in [7, 11) is 0. The van der Waals surface area contributed by atoms with Gasteiger partial charge in [-0.3, -0.25) is 4.79 Å². The van der Waals surface area contributed by atoms with Crippen molar-refractivity contribution in [3.63, 3.8) is 0 Å². The van der Waals surface area contributed by atoms with Gasteiger partial charge in [-0.1, -0.05) is 45.0 Å². The third-order valence-electron chi connectivity index (χ3n) is 3.64. The van der Waals surface area contributed by atoms with Crippen molar-refractivity contribution < 1.29 is 4.79 Å². The molecule has 4 heteroatoms. The Morgan fingerprint density at radius 2 is 1.82 bits per heavy atom. The van der Waals surface area contributed by atoms with Gasteiger partial charge in [0, 0.05) is 17.5 Å². The molecule has 0 atom stereocenters. The summed E-state index contributed by atoms with van der Waals surface area (Å²) in [5, 5.41) is 2.82. The molecular formula is C18H19N3O. The average molecular weight is 293 g/mol. The maximum Gasteiger partial charge on any atom is 0.275 e. The first-order valence-corrected chi connectivity index (χ1v) is 7.29. The second-order valence-electron chi connectivity index (χ2n) is 6.40. The van der Waals surface area contributed by atoms with Gasteiger partial charge in [-0.2, -0.15) is 0 Å². The number of nitrogens with zero attached hydrogens (tertiary/aromatic N) is 1. The number of rotatable bonds is 2. The van der Waals surface area contributed by atoms with Gasteiger partial charge in [0.25, 0.3) is 5.91 Å². The zero-order valence-electron chi connectivity index (χ0n) is 13.0. The quantitative estimate of drug-likeness (QED) is 0.821. The van der Waals surface area contributed by atoms with E-state index in [2.05, 4.69) is 48.2 Å². The van der Waals surface area contributed by atoms with Crippen molar-refractivity contribution in [1.29, 1.82) is 0 Å². The maximum absolute atomic E-state index is 12.0. The molecule has 1 amide bonds. The molecule has 0 saturated carbocycles. The third-order valence-corrected chi connectivity index (χ3v) is 3.64. The third kappa shape index (κ3) is 2.86. The molecular weight excluding hydrogens is 274 g/mol. The van der Waals surface area contributed by atoms with Gasteiger partial charge in [0.1, 0.15) is 11.5 Å². The number of carbonyl (C=O) groups is 1. The smallest absolute Gasteiger partial charge is 0.275 e. The van der Waals surface area contributed by atoms with Gasteiger partial charge in [0.15, 0.2) is 0 Å². The molecule has 4 nitrogen and oxygen atoms in total. The number of hydrogen-bond donors (Lipinski definition) is 2. The van der Waals surface area contributed by atoms with E-state index in [1.165, 1.54) is 5.56 Å². The summed E-state index contributed by atoms with van der Waals surface area (Å²) in [6.45, 7) is 6.52. The number of benzene rings is 1. The topological polar surface area (TPSA) is 57.2 Å². The standard InChI is InChI=1S/C18H19N3O/c1-18(2,3)13-8-6-12(7-9-13)16-20-15(17(22)21-16)11-14-5-4-10-19-14/h4-11,19H,1-3H3,(H,20,21,22). The Kier molecular flexibility index (Phi) is 3.45. The fourth-order valence-corrected chi connectivity index (χ4v) is 2.31. The first-order valence-electron chi connectivity index (χ1n) is 7.29. The molecule has 0 bridgehead atoms. The molecule has 0 aliphatic carbocycles. The zero-order chi connectivity index (χ0) is 15.7. The van der Waals surface area contributed by atoms with Crippen LogP contribution in [-0.2, 0) is 10.2 Å². The summed E-state index contributed by atoms with van der Waals surface area (Å²) < 4.78 is 0. The molecule has 0 saturated heterocycles. The number of amides is 1. The zero-order valence-corrected chi connectivity index (χ0v) is 13.0. The van der Waals surface area contributed by atoms with Crippen molar-refractivity contribution >= 4 is 17.8 Å². The number of carbonyl (C=O) groups excluding carboxylic acids is 1. The highest BCUT2D eigenvalue weighted by molar-refractivity contribution is 6.19. The van der Waals surface area contributed by atoms with Crippen molar-refractivity contribution in [2.24, 2.45) is 4.99 Å². The van der Waals surface area contributed by atoms with E-state index in [-0.39, 0.29) is 11.3 Å². The summed E-state index contributed by atoms with van der Waals surface area (Å²) in [6, 6.07) is 11.9. The van der Waals surface area contributed by atoms with E-state index in [4.69, 9.17) is 0 Å². The molecule has 2 aromatic rings. The highest BCUT2D eigenvalue weighted by atomic mass is 16.2. The van der Waals surface area contributed by atoms with E-state index in [0.717, 1.165) is 11.3 Å². The van der Waals surface area contributed by atoms with Crippen LogP contribution in [0, 0.1) is 0 Å². The van der Waals surface area contributed by atoms with Crippen LogP contribution in [0.4, 0.5) is 0 Å². The molecule has 22 heavy (non-hydrogen) atoms. The van der Waals surface area contributed by atoms with Crippen molar-refractivity contribution in [1.82, 2.24) is 10.3 Å². The predicted octanol–water partition coefficient (Wildman–Crippen LogP) is 3.23. The molecule has 1 aromatic heterocycles. The van der Waals surface area contributed by atoms with E-state index in [9.17, 15) is 4.79 Å². The summed E-state index contributed by atoms with van der Waals surface area (Å²) in [6.07, 6.45) is 3.56. The normalized spacial score (nSPS) is 16.8. The van der Waals surface area contributed by atoms with Crippen LogP contribution in [0.3, 0.4) is 0 Å². The van der Waals surface area contributed by atoms with Crippen LogP contribution < -0.4 is 5.32 Å². The number of hydrogen-bond acceptors (Lipinski definition) is 2. The Labute approximate surface area is 130 Å². The van der Waals surface area contributed by atoms with E-state index in [1.807, 2.05) is 30.5 Å². The Hall–Kier alpha value is -2.62. The molecule has 0 spiro atoms. The van der Waals surface area contributed by atoms with Crippen LogP contribution in [0.5, 0.6) is 0 Å².